The summed E-state index contributed by atoms with van der Waals surface area (Å²) in [5, 5.41) is 12.1. The average Bonchev–Trinajstić information content (AvgIpc) is 2.40. The number of aryl methyl sites for hydroxylation is 1. The van der Waals surface area contributed by atoms with Gasteiger partial charge < -0.3 is 5.21 Å². The molecule has 0 radical (unpaired) electrons. The number of hydrogen-bond acceptors (Lipinski definition) is 2. The van der Waals surface area contributed by atoms with Gasteiger partial charge >= 0.3 is 11.7 Å². The van der Waals surface area contributed by atoms with Crippen LogP contribution in [-0.2, 0) is 11.2 Å². The number of carbonyl (C=O) groups is 1. The van der Waals surface area contributed by atoms with Gasteiger partial charge in [0.05, 0.1) is 6.42 Å². The molecular weight excluding hydrogens is 228 g/mol. The molecule has 0 bridgehead atoms. The van der Waals surface area contributed by atoms with Crippen LogP contribution in [-0.4, -0.2) is 11.1 Å². The highest BCUT2D eigenvalue weighted by molar-refractivity contribution is 5.89. The van der Waals surface area contributed by atoms with Crippen molar-refractivity contribution in [2.45, 2.75) is 12.8 Å². The highest BCUT2D eigenvalue weighted by atomic mass is 16.5. The molecule has 1 amide bonds. The first kappa shape index (κ1) is 12.1. The highest BCUT2D eigenvalue weighted by Gasteiger charge is 2.12. The molecule has 0 saturated heterocycles. The van der Waals surface area contributed by atoms with Crippen LogP contribution >= 0.6 is 0 Å². The van der Waals surface area contributed by atoms with Crippen molar-refractivity contribution in [1.82, 2.24) is 0 Å². The molecule has 0 aliphatic heterocycles. The average molecular weight is 243 g/mol. The molecule has 2 rings (SSSR count). The second-order valence-electron chi connectivity index (χ2n) is 3.96. The lowest BCUT2D eigenvalue weighted by atomic mass is 10.1. The van der Waals surface area contributed by atoms with E-state index in [0.717, 1.165) is 10.3 Å². The van der Waals surface area contributed by atoms with E-state index in [1.807, 2.05) is 30.3 Å². The number of carbonyl (C=O) groups excluding carboxylic acids is 1. The Morgan fingerprint density at radius 2 is 1.83 bits per heavy atom. The van der Waals surface area contributed by atoms with Gasteiger partial charge in [-0.05, 0) is 18.1 Å². The molecule has 0 fully saturated rings. The lowest BCUT2D eigenvalue weighted by molar-refractivity contribution is -0.893. The van der Waals surface area contributed by atoms with Crippen LogP contribution in [0, 0.1) is 0 Å². The largest absolute Gasteiger partial charge is 0.350 e. The molecule has 0 aliphatic carbocycles. The normalized spacial score (nSPS) is 10.0. The number of nitrogens with zero attached hydrogens (tertiary/aromatic N) is 1. The highest BCUT2D eigenvalue weighted by Crippen LogP contribution is 2.04. The second kappa shape index (κ2) is 5.82. The van der Waals surface area contributed by atoms with Gasteiger partial charge in [-0.15, -0.1) is 0 Å². The molecule has 0 atom stereocenters. The molecule has 0 aliphatic rings. The zero-order chi connectivity index (χ0) is 12.8. The van der Waals surface area contributed by atoms with Crippen molar-refractivity contribution < 1.29 is 14.7 Å². The third-order valence-electron chi connectivity index (χ3n) is 2.59. The minimum absolute atomic E-state index is 0.118. The molecule has 18 heavy (non-hydrogen) atoms. The Kier molecular flexibility index (Phi) is 3.91. The van der Waals surface area contributed by atoms with Gasteiger partial charge in [-0.1, -0.05) is 41.1 Å². The quantitative estimate of drug-likeness (QED) is 0.635. The van der Waals surface area contributed by atoms with Crippen molar-refractivity contribution in [2.75, 3.05) is 5.32 Å². The number of aromatic nitrogens is 1. The third-order valence-corrected chi connectivity index (χ3v) is 2.59. The van der Waals surface area contributed by atoms with Gasteiger partial charge in [0.25, 0.3) is 0 Å². The van der Waals surface area contributed by atoms with Gasteiger partial charge in [0.2, 0.25) is 0 Å². The summed E-state index contributed by atoms with van der Waals surface area (Å²) in [5.74, 6) is 0.253. The molecule has 1 heterocycles. The fourth-order valence-corrected chi connectivity index (χ4v) is 1.64. The van der Waals surface area contributed by atoms with Gasteiger partial charge in [0.1, 0.15) is 6.20 Å². The number of hydrogen-bond donors (Lipinski definition) is 2. The van der Waals surface area contributed by atoms with Crippen molar-refractivity contribution in [1.29, 1.82) is 0 Å². The van der Waals surface area contributed by atoms with E-state index < -0.39 is 0 Å². The fraction of sp³-hybridized carbons (Fsp3) is 0.143. The summed E-state index contributed by atoms with van der Waals surface area (Å²) in [7, 11) is 0. The summed E-state index contributed by atoms with van der Waals surface area (Å²) in [5.41, 5.74) is 1.12. The number of benzene rings is 1. The Labute approximate surface area is 105 Å². The van der Waals surface area contributed by atoms with Crippen molar-refractivity contribution in [2.24, 2.45) is 0 Å². The first-order valence-corrected chi connectivity index (χ1v) is 5.79. The van der Waals surface area contributed by atoms with Crippen LogP contribution in [0.4, 0.5) is 5.82 Å². The molecule has 2 aromatic rings. The van der Waals surface area contributed by atoms with Crippen molar-refractivity contribution in [3.05, 3.63) is 60.3 Å². The Morgan fingerprint density at radius 3 is 2.56 bits per heavy atom. The van der Waals surface area contributed by atoms with Gasteiger partial charge in [-0.2, -0.15) is 0 Å². The zero-order valence-corrected chi connectivity index (χ0v) is 9.91. The smallest absolute Gasteiger partial charge is 0.321 e. The number of pyridine rings is 1. The Morgan fingerprint density at radius 1 is 1.11 bits per heavy atom. The van der Waals surface area contributed by atoms with Crippen molar-refractivity contribution >= 4 is 11.7 Å². The minimum Gasteiger partial charge on any atom is -0.350 e. The monoisotopic (exact) mass is 243 g/mol. The molecule has 4 nitrogen and oxygen atoms in total. The van der Waals surface area contributed by atoms with E-state index in [4.69, 9.17) is 0 Å². The fourth-order valence-electron chi connectivity index (χ4n) is 1.64. The van der Waals surface area contributed by atoms with Crippen LogP contribution in [0.5, 0.6) is 0 Å². The lowest BCUT2D eigenvalue weighted by Crippen LogP contribution is -2.35. The molecule has 0 spiro atoms. The molecule has 92 valence electrons. The molecule has 2 N–H and O–H groups in total. The van der Waals surface area contributed by atoms with E-state index in [-0.39, 0.29) is 5.91 Å². The minimum atomic E-state index is -0.118. The first-order valence-electron chi connectivity index (χ1n) is 5.79. The van der Waals surface area contributed by atoms with Crippen LogP contribution < -0.4 is 10.0 Å². The van der Waals surface area contributed by atoms with Gasteiger partial charge in [0.15, 0.2) is 0 Å². The predicted molar refractivity (Wildman–Crippen MR) is 67.2 cm³/mol. The van der Waals surface area contributed by atoms with E-state index in [1.54, 1.807) is 18.2 Å². The van der Waals surface area contributed by atoms with Crippen molar-refractivity contribution in [3.63, 3.8) is 0 Å². The third kappa shape index (κ3) is 3.31. The van der Waals surface area contributed by atoms with Gasteiger partial charge in [-0.25, -0.2) is 10.1 Å². The van der Waals surface area contributed by atoms with Crippen LogP contribution in [0.15, 0.2) is 54.7 Å². The second-order valence-corrected chi connectivity index (χ2v) is 3.96. The molecule has 0 unspecified atom stereocenters. The maximum Gasteiger partial charge on any atom is 0.321 e. The molecule has 1 aromatic heterocycles. The Bertz CT molecular complexity index is 526. The Hall–Kier alpha value is -2.36. The van der Waals surface area contributed by atoms with Crippen LogP contribution in [0.3, 0.4) is 0 Å². The van der Waals surface area contributed by atoms with Crippen molar-refractivity contribution in [3.8, 4) is 0 Å². The summed E-state index contributed by atoms with van der Waals surface area (Å²) in [4.78, 5) is 11.7. The summed E-state index contributed by atoms with van der Waals surface area (Å²) in [6, 6.07) is 14.9. The summed E-state index contributed by atoms with van der Waals surface area (Å²) in [6.45, 7) is 0. The summed E-state index contributed by atoms with van der Waals surface area (Å²) >= 11 is 0. The molecule has 0 saturated carbocycles. The SMILES string of the molecule is O=C(CCc1ccccc1)Nc1cccc[n+]1O. The lowest BCUT2D eigenvalue weighted by Gasteiger charge is -2.00. The van der Waals surface area contributed by atoms with Gasteiger partial charge in [-0.3, -0.25) is 0 Å². The maximum atomic E-state index is 11.7. The Balaban J connectivity index is 1.88. The number of nitrogens with one attached hydrogen (secondary N) is 1. The van der Waals surface area contributed by atoms with E-state index in [1.165, 1.54) is 6.20 Å². The molecule has 1 aromatic carbocycles. The predicted octanol–water partition coefficient (Wildman–Crippen LogP) is 1.78. The van der Waals surface area contributed by atoms with E-state index in [2.05, 4.69) is 5.32 Å². The van der Waals surface area contributed by atoms with E-state index in [9.17, 15) is 10.0 Å². The molecular formula is C14H15N2O2+. The maximum absolute atomic E-state index is 11.7. The summed E-state index contributed by atoms with van der Waals surface area (Å²) < 4.78 is 0.889. The summed E-state index contributed by atoms with van der Waals surface area (Å²) in [6.07, 6.45) is 2.54. The number of anilines is 1. The number of rotatable bonds is 4. The standard InChI is InChI=1S/C14H14N2O2/c17-14(10-9-12-6-2-1-3-7-12)15-13-8-4-5-11-16(13)18/h1-8,11,18H,9-10H2/p+1. The van der Waals surface area contributed by atoms with Gasteiger partial charge in [0, 0.05) is 6.07 Å². The molecule has 4 heteroatoms. The van der Waals surface area contributed by atoms with Crippen LogP contribution in [0.1, 0.15) is 12.0 Å². The zero-order valence-electron chi connectivity index (χ0n) is 9.91. The van der Waals surface area contributed by atoms with Crippen LogP contribution in [0.2, 0.25) is 0 Å². The van der Waals surface area contributed by atoms with E-state index in [0.29, 0.717) is 18.7 Å². The first-order chi connectivity index (χ1) is 8.75. The topological polar surface area (TPSA) is 53.2 Å². The number of amides is 1. The van der Waals surface area contributed by atoms with E-state index >= 15 is 0 Å². The van der Waals surface area contributed by atoms with Crippen LogP contribution in [0.25, 0.3) is 0 Å².